The number of hydrogen-bond acceptors (Lipinski definition) is 7. The maximum Gasteiger partial charge on any atom is 0.342 e. The Morgan fingerprint density at radius 3 is 2.55 bits per heavy atom. The summed E-state index contributed by atoms with van der Waals surface area (Å²) in [5, 5.41) is 33.7. The van der Waals surface area contributed by atoms with Gasteiger partial charge in [0.15, 0.2) is 5.78 Å². The van der Waals surface area contributed by atoms with Crippen LogP contribution in [0.1, 0.15) is 49.5 Å². The maximum atomic E-state index is 12.8. The van der Waals surface area contributed by atoms with E-state index in [1.807, 2.05) is 13.8 Å². The average molecular weight is 403 g/mol. The van der Waals surface area contributed by atoms with E-state index in [4.69, 9.17) is 4.74 Å². The number of phenols is 1. The topological polar surface area (TPSA) is 116 Å². The quantitative estimate of drug-likeness (QED) is 0.573. The molecule has 1 aliphatic rings. The van der Waals surface area contributed by atoms with Crippen molar-refractivity contribution < 1.29 is 29.6 Å². The fourth-order valence-corrected chi connectivity index (χ4v) is 3.19. The molecule has 0 saturated carbocycles. The lowest BCUT2D eigenvalue weighted by Crippen LogP contribution is -2.32. The average Bonchev–Trinajstić information content (AvgIpc) is 2.68. The van der Waals surface area contributed by atoms with Gasteiger partial charge in [-0.05, 0) is 37.5 Å². The molecule has 1 aromatic rings. The highest BCUT2D eigenvalue weighted by atomic mass is 16.5. The molecule has 1 aliphatic heterocycles. The molecular formula is C22H29NO6. The number of rotatable bonds is 3. The molecule has 0 fully saturated rings. The normalized spacial score (nSPS) is 28.0. The Balaban J connectivity index is 2.52. The number of carbonyl (C=O) groups excluding carboxylic acids is 2. The van der Waals surface area contributed by atoms with E-state index in [9.17, 15) is 24.9 Å². The van der Waals surface area contributed by atoms with Crippen LogP contribution in [0.2, 0.25) is 0 Å². The number of carbonyl (C=O) groups is 2. The minimum Gasteiger partial charge on any atom is -0.507 e. The van der Waals surface area contributed by atoms with Crippen molar-refractivity contribution in [1.29, 1.82) is 0 Å². The second-order valence-electron chi connectivity index (χ2n) is 7.11. The molecule has 0 saturated heterocycles. The highest BCUT2D eigenvalue weighted by Crippen LogP contribution is 2.30. The number of aromatic hydroxyl groups is 1. The third kappa shape index (κ3) is 5.68. The van der Waals surface area contributed by atoms with Gasteiger partial charge in [-0.3, -0.25) is 4.79 Å². The van der Waals surface area contributed by atoms with Gasteiger partial charge in [-0.1, -0.05) is 32.1 Å². The summed E-state index contributed by atoms with van der Waals surface area (Å²) in [4.78, 5) is 24.9. The number of ether oxygens (including phenoxy) is 1. The summed E-state index contributed by atoms with van der Waals surface area (Å²) in [6.07, 6.45) is 2.99. The Labute approximate surface area is 170 Å². The van der Waals surface area contributed by atoms with E-state index < -0.39 is 30.1 Å². The molecule has 1 heterocycles. The van der Waals surface area contributed by atoms with E-state index in [2.05, 4.69) is 5.32 Å². The van der Waals surface area contributed by atoms with Crippen molar-refractivity contribution in [3.8, 4) is 5.75 Å². The molecule has 0 aromatic heterocycles. The Bertz CT molecular complexity index is 801. The third-order valence-electron chi connectivity index (χ3n) is 4.88. The number of aliphatic hydroxyl groups excluding tert-OH is 2. The van der Waals surface area contributed by atoms with Gasteiger partial charge in [0.1, 0.15) is 23.5 Å². The van der Waals surface area contributed by atoms with Crippen LogP contribution in [0, 0.1) is 5.92 Å². The number of cyclic esters (lactones) is 1. The molecule has 29 heavy (non-hydrogen) atoms. The smallest absolute Gasteiger partial charge is 0.342 e. The van der Waals surface area contributed by atoms with E-state index in [1.54, 1.807) is 25.1 Å². The monoisotopic (exact) mass is 403 g/mol. The van der Waals surface area contributed by atoms with Gasteiger partial charge in [0.2, 0.25) is 0 Å². The minimum absolute atomic E-state index is 0.00539. The fourth-order valence-electron chi connectivity index (χ4n) is 3.19. The largest absolute Gasteiger partial charge is 0.507 e. The number of nitrogens with one attached hydrogen (secondary N) is 1. The first-order valence-electron chi connectivity index (χ1n) is 9.85. The first kappa shape index (κ1) is 22.6. The van der Waals surface area contributed by atoms with Crippen LogP contribution < -0.4 is 5.32 Å². The van der Waals surface area contributed by atoms with Crippen molar-refractivity contribution in [1.82, 2.24) is 0 Å². The van der Waals surface area contributed by atoms with Crippen LogP contribution in [-0.2, 0) is 9.53 Å². The van der Waals surface area contributed by atoms with Crippen molar-refractivity contribution in [3.05, 3.63) is 41.5 Å². The molecule has 158 valence electrons. The second-order valence-corrected chi connectivity index (χ2v) is 7.11. The van der Waals surface area contributed by atoms with Gasteiger partial charge in [-0.15, -0.1) is 0 Å². The molecule has 1 aromatic carbocycles. The van der Waals surface area contributed by atoms with Crippen molar-refractivity contribution in [2.45, 2.75) is 51.9 Å². The number of esters is 1. The summed E-state index contributed by atoms with van der Waals surface area (Å²) >= 11 is 0. The SMILES string of the molecule is CCNc1cc(O)c2c(c1)/C=C/C[C@H](O)[C@H](O)C(=O)/C=C\[C@@H](C)C(CC)OC2=O. The number of hydrogen-bond donors (Lipinski definition) is 4. The van der Waals surface area contributed by atoms with E-state index >= 15 is 0 Å². The van der Waals surface area contributed by atoms with Crippen molar-refractivity contribution in [2.75, 3.05) is 11.9 Å². The Morgan fingerprint density at radius 1 is 1.17 bits per heavy atom. The number of fused-ring (bicyclic) bond motifs is 1. The van der Waals surface area contributed by atoms with Crippen LogP contribution in [-0.4, -0.2) is 51.9 Å². The third-order valence-corrected chi connectivity index (χ3v) is 4.88. The van der Waals surface area contributed by atoms with Gasteiger partial charge >= 0.3 is 5.97 Å². The van der Waals surface area contributed by atoms with Crippen LogP contribution in [0.5, 0.6) is 5.75 Å². The Hall–Kier alpha value is -2.64. The van der Waals surface area contributed by atoms with E-state index in [0.29, 0.717) is 24.2 Å². The molecule has 0 radical (unpaired) electrons. The van der Waals surface area contributed by atoms with Crippen LogP contribution >= 0.6 is 0 Å². The maximum absolute atomic E-state index is 12.8. The Kier molecular flexibility index (Phi) is 7.99. The van der Waals surface area contributed by atoms with Gasteiger partial charge in [-0.25, -0.2) is 4.79 Å². The summed E-state index contributed by atoms with van der Waals surface area (Å²) in [6, 6.07) is 3.16. The van der Waals surface area contributed by atoms with Crippen LogP contribution in [0.25, 0.3) is 6.08 Å². The summed E-state index contributed by atoms with van der Waals surface area (Å²) in [5.41, 5.74) is 1.07. The lowest BCUT2D eigenvalue weighted by molar-refractivity contribution is -0.127. The molecule has 0 aliphatic carbocycles. The van der Waals surface area contributed by atoms with Gasteiger partial charge in [-0.2, -0.15) is 0 Å². The molecule has 2 rings (SSSR count). The van der Waals surface area contributed by atoms with Crippen molar-refractivity contribution in [3.63, 3.8) is 0 Å². The van der Waals surface area contributed by atoms with Crippen molar-refractivity contribution >= 4 is 23.5 Å². The molecule has 1 unspecified atom stereocenters. The van der Waals surface area contributed by atoms with E-state index in [1.165, 1.54) is 18.2 Å². The van der Waals surface area contributed by atoms with Gasteiger partial charge in [0, 0.05) is 24.2 Å². The molecule has 7 nitrogen and oxygen atoms in total. The van der Waals surface area contributed by atoms with Gasteiger partial charge in [0.25, 0.3) is 0 Å². The van der Waals surface area contributed by atoms with E-state index in [-0.39, 0.29) is 23.7 Å². The van der Waals surface area contributed by atoms with E-state index in [0.717, 1.165) is 0 Å². The van der Waals surface area contributed by atoms with Crippen molar-refractivity contribution in [2.24, 2.45) is 5.92 Å². The molecular weight excluding hydrogens is 374 g/mol. The highest BCUT2D eigenvalue weighted by molar-refractivity contribution is 5.97. The zero-order chi connectivity index (χ0) is 21.6. The second kappa shape index (κ2) is 10.2. The summed E-state index contributed by atoms with van der Waals surface area (Å²) < 4.78 is 5.62. The standard InChI is InChI=1S/C22H29NO6/c1-4-19-13(3)9-10-17(25)21(27)16(24)8-6-7-14-11-15(23-5-2)12-18(26)20(14)22(28)29-19/h6-7,9-13,16,19,21,23-24,26-27H,4-5,8H2,1-3H3/b7-6+,10-9-/t13-,16+,19?,21+/m1/s1. The summed E-state index contributed by atoms with van der Waals surface area (Å²) in [7, 11) is 0. The van der Waals surface area contributed by atoms with Crippen LogP contribution in [0.15, 0.2) is 30.4 Å². The minimum atomic E-state index is -1.55. The number of phenolic OH excluding ortho intramolecular Hbond substituents is 1. The fraction of sp³-hybridized carbons (Fsp3) is 0.455. The Morgan fingerprint density at radius 2 is 1.90 bits per heavy atom. The lowest BCUT2D eigenvalue weighted by Gasteiger charge is -2.22. The molecule has 0 bridgehead atoms. The number of benzene rings is 1. The number of aliphatic hydroxyl groups is 2. The van der Waals surface area contributed by atoms with Gasteiger partial charge < -0.3 is 25.4 Å². The lowest BCUT2D eigenvalue weighted by atomic mass is 9.98. The van der Waals surface area contributed by atoms with Crippen LogP contribution in [0.3, 0.4) is 0 Å². The number of ketones is 1. The molecule has 0 amide bonds. The predicted octanol–water partition coefficient (Wildman–Crippen LogP) is 2.66. The zero-order valence-electron chi connectivity index (χ0n) is 17.0. The predicted molar refractivity (Wildman–Crippen MR) is 111 cm³/mol. The molecule has 0 spiro atoms. The van der Waals surface area contributed by atoms with Crippen LogP contribution in [0.4, 0.5) is 5.69 Å². The summed E-state index contributed by atoms with van der Waals surface area (Å²) in [5.74, 6) is -1.79. The molecule has 4 atom stereocenters. The molecule has 4 N–H and O–H groups in total. The highest BCUT2D eigenvalue weighted by Gasteiger charge is 2.26. The molecule has 7 heteroatoms. The summed E-state index contributed by atoms with van der Waals surface area (Å²) in [6.45, 7) is 6.17. The zero-order valence-corrected chi connectivity index (χ0v) is 17.0. The van der Waals surface area contributed by atoms with Gasteiger partial charge in [0.05, 0.1) is 6.10 Å². The first-order chi connectivity index (χ1) is 13.8. The number of anilines is 1. The first-order valence-corrected chi connectivity index (χ1v) is 9.85.